The number of hydrogen-bond acceptors (Lipinski definition) is 4. The van der Waals surface area contributed by atoms with Crippen molar-refractivity contribution in [1.29, 1.82) is 0 Å². The van der Waals surface area contributed by atoms with E-state index in [0.29, 0.717) is 5.92 Å². The van der Waals surface area contributed by atoms with Gasteiger partial charge < -0.3 is 15.0 Å². The predicted molar refractivity (Wildman–Crippen MR) is 76.4 cm³/mol. The lowest BCUT2D eigenvalue weighted by atomic mass is 9.91. The molecule has 108 valence electrons. The minimum Gasteiger partial charge on any atom is -0.364 e. The van der Waals surface area contributed by atoms with Gasteiger partial charge in [0.25, 0.3) is 5.91 Å². The van der Waals surface area contributed by atoms with Gasteiger partial charge in [0.05, 0.1) is 18.0 Å². The lowest BCUT2D eigenvalue weighted by Crippen LogP contribution is -2.42. The van der Waals surface area contributed by atoms with Gasteiger partial charge in [-0.2, -0.15) is 0 Å². The lowest BCUT2D eigenvalue weighted by molar-refractivity contribution is -0.127. The molecular weight excluding hydrogens is 254 g/mol. The first-order chi connectivity index (χ1) is 9.76. The molecule has 0 aliphatic carbocycles. The fourth-order valence-corrected chi connectivity index (χ4v) is 3.11. The Bertz CT molecular complexity index is 465. The molecule has 1 aromatic heterocycles. The van der Waals surface area contributed by atoms with E-state index in [1.165, 1.54) is 0 Å². The van der Waals surface area contributed by atoms with Gasteiger partial charge in [-0.15, -0.1) is 0 Å². The van der Waals surface area contributed by atoms with Crippen LogP contribution in [0.4, 0.5) is 5.69 Å². The first kappa shape index (κ1) is 13.5. The van der Waals surface area contributed by atoms with Crippen LogP contribution in [0.15, 0.2) is 24.5 Å². The molecule has 2 aliphatic rings. The number of ether oxygens (including phenoxy) is 1. The molecule has 2 fully saturated rings. The normalized spacial score (nSPS) is 29.9. The summed E-state index contributed by atoms with van der Waals surface area (Å²) in [4.78, 5) is 18.6. The quantitative estimate of drug-likeness (QED) is 0.908. The van der Waals surface area contributed by atoms with Crippen molar-refractivity contribution in [3.05, 3.63) is 24.5 Å². The molecule has 20 heavy (non-hydrogen) atoms. The highest BCUT2D eigenvalue weighted by Crippen LogP contribution is 2.33. The first-order valence-electron chi connectivity index (χ1n) is 7.35. The molecule has 0 bridgehead atoms. The second-order valence-corrected chi connectivity index (χ2v) is 5.57. The number of aromatic nitrogens is 1. The molecule has 3 atom stereocenters. The van der Waals surface area contributed by atoms with E-state index in [-0.39, 0.29) is 18.1 Å². The summed E-state index contributed by atoms with van der Waals surface area (Å²) in [5, 5.41) is 2.88. The molecule has 0 saturated carbocycles. The summed E-state index contributed by atoms with van der Waals surface area (Å²) in [6.07, 6.45) is 5.22. The maximum Gasteiger partial charge on any atom is 0.253 e. The fourth-order valence-electron chi connectivity index (χ4n) is 3.11. The first-order valence-corrected chi connectivity index (χ1v) is 7.35. The van der Waals surface area contributed by atoms with Crippen LogP contribution in [0.5, 0.6) is 0 Å². The van der Waals surface area contributed by atoms with Crippen LogP contribution >= 0.6 is 0 Å². The van der Waals surface area contributed by atoms with Crippen molar-refractivity contribution in [1.82, 2.24) is 9.88 Å². The van der Waals surface area contributed by atoms with Crippen molar-refractivity contribution in [3.63, 3.8) is 0 Å². The minimum atomic E-state index is -0.318. The van der Waals surface area contributed by atoms with Crippen LogP contribution in [0, 0.1) is 5.92 Å². The van der Waals surface area contributed by atoms with E-state index in [1.54, 1.807) is 12.4 Å². The van der Waals surface area contributed by atoms with Crippen molar-refractivity contribution in [2.45, 2.75) is 32.0 Å². The Hall–Kier alpha value is -1.46. The number of anilines is 1. The number of amides is 1. The molecule has 1 N–H and O–H groups in total. The Morgan fingerprint density at radius 2 is 2.50 bits per heavy atom. The zero-order chi connectivity index (χ0) is 13.9. The molecule has 2 aliphatic heterocycles. The number of carbonyl (C=O) groups is 1. The number of piperidine rings is 1. The predicted octanol–water partition coefficient (Wildman–Crippen LogP) is 1.52. The average molecular weight is 275 g/mol. The van der Waals surface area contributed by atoms with E-state index in [0.717, 1.165) is 38.2 Å². The molecule has 0 spiro atoms. The van der Waals surface area contributed by atoms with E-state index in [4.69, 9.17) is 4.74 Å². The van der Waals surface area contributed by atoms with Gasteiger partial charge >= 0.3 is 0 Å². The lowest BCUT2D eigenvalue weighted by Gasteiger charge is -2.33. The highest BCUT2D eigenvalue weighted by atomic mass is 16.5. The molecule has 3 rings (SSSR count). The van der Waals surface area contributed by atoms with Crippen molar-refractivity contribution < 1.29 is 9.53 Å². The molecule has 0 unspecified atom stereocenters. The number of carbonyl (C=O) groups excluding carboxylic acids is 1. The molecule has 1 amide bonds. The Labute approximate surface area is 119 Å². The van der Waals surface area contributed by atoms with E-state index in [9.17, 15) is 4.79 Å². The number of fused-ring (bicyclic) bond motifs is 1. The van der Waals surface area contributed by atoms with Gasteiger partial charge in [-0.05, 0) is 44.0 Å². The Morgan fingerprint density at radius 3 is 3.25 bits per heavy atom. The largest absolute Gasteiger partial charge is 0.364 e. The van der Waals surface area contributed by atoms with Crippen LogP contribution in [0.1, 0.15) is 19.8 Å². The molecule has 0 aromatic carbocycles. The standard InChI is InChI=1S/C15H21N3O2/c1-2-18-7-5-11-8-13(20-14(11)10-18)15(19)17-12-4-3-6-16-9-12/h3-4,6,9,11,13-14H,2,5,7-8,10H2,1H3,(H,17,19)/t11-,13+,14-/m0/s1. The third-order valence-corrected chi connectivity index (χ3v) is 4.30. The third kappa shape index (κ3) is 2.83. The Morgan fingerprint density at radius 1 is 1.60 bits per heavy atom. The van der Waals surface area contributed by atoms with E-state index >= 15 is 0 Å². The molecular formula is C15H21N3O2. The summed E-state index contributed by atoms with van der Waals surface area (Å²) in [6.45, 7) is 5.30. The summed E-state index contributed by atoms with van der Waals surface area (Å²) < 4.78 is 5.96. The minimum absolute atomic E-state index is 0.0459. The maximum atomic E-state index is 12.2. The number of nitrogens with zero attached hydrogens (tertiary/aromatic N) is 2. The van der Waals surface area contributed by atoms with Crippen molar-refractivity contribution in [3.8, 4) is 0 Å². The molecule has 3 heterocycles. The molecule has 0 radical (unpaired) electrons. The zero-order valence-electron chi connectivity index (χ0n) is 11.8. The van der Waals surface area contributed by atoms with Gasteiger partial charge in [-0.25, -0.2) is 0 Å². The van der Waals surface area contributed by atoms with E-state index in [2.05, 4.69) is 22.1 Å². The number of hydrogen-bond donors (Lipinski definition) is 1. The van der Waals surface area contributed by atoms with Crippen molar-refractivity contribution in [2.75, 3.05) is 25.0 Å². The van der Waals surface area contributed by atoms with Crippen LogP contribution in [0.2, 0.25) is 0 Å². The van der Waals surface area contributed by atoms with Gasteiger partial charge in [0.1, 0.15) is 6.10 Å². The number of likely N-dealkylation sites (N-methyl/N-ethyl adjacent to an activating group) is 1. The highest BCUT2D eigenvalue weighted by molar-refractivity contribution is 5.94. The van der Waals surface area contributed by atoms with Crippen molar-refractivity contribution in [2.24, 2.45) is 5.92 Å². The summed E-state index contributed by atoms with van der Waals surface area (Å²) in [5.74, 6) is 0.484. The van der Waals surface area contributed by atoms with Crippen LogP contribution in [-0.4, -0.2) is 47.6 Å². The second kappa shape index (κ2) is 5.89. The zero-order valence-corrected chi connectivity index (χ0v) is 11.8. The molecule has 5 nitrogen and oxygen atoms in total. The van der Waals surface area contributed by atoms with Gasteiger partial charge in [0, 0.05) is 12.7 Å². The van der Waals surface area contributed by atoms with Crippen LogP contribution in [-0.2, 0) is 9.53 Å². The van der Waals surface area contributed by atoms with Crippen LogP contribution in [0.25, 0.3) is 0 Å². The van der Waals surface area contributed by atoms with Gasteiger partial charge in [0.15, 0.2) is 0 Å². The second-order valence-electron chi connectivity index (χ2n) is 5.57. The molecule has 1 aromatic rings. The highest BCUT2D eigenvalue weighted by Gasteiger charge is 2.41. The van der Waals surface area contributed by atoms with E-state index in [1.807, 2.05) is 12.1 Å². The monoisotopic (exact) mass is 275 g/mol. The average Bonchev–Trinajstić information content (AvgIpc) is 2.91. The van der Waals surface area contributed by atoms with E-state index < -0.39 is 0 Å². The summed E-state index contributed by atoms with van der Waals surface area (Å²) in [5.41, 5.74) is 0.728. The third-order valence-electron chi connectivity index (χ3n) is 4.30. The van der Waals surface area contributed by atoms with Crippen LogP contribution in [0.3, 0.4) is 0 Å². The number of pyridine rings is 1. The fraction of sp³-hybridized carbons (Fsp3) is 0.600. The molecule has 2 saturated heterocycles. The topological polar surface area (TPSA) is 54.5 Å². The van der Waals surface area contributed by atoms with Gasteiger partial charge in [-0.1, -0.05) is 6.92 Å². The number of rotatable bonds is 3. The van der Waals surface area contributed by atoms with Crippen LogP contribution < -0.4 is 5.32 Å². The summed E-state index contributed by atoms with van der Waals surface area (Å²) >= 11 is 0. The molecule has 5 heteroatoms. The Kier molecular flexibility index (Phi) is 3.98. The summed E-state index contributed by atoms with van der Waals surface area (Å²) in [6, 6.07) is 3.65. The Balaban J connectivity index is 1.58. The number of likely N-dealkylation sites (tertiary alicyclic amines) is 1. The maximum absolute atomic E-state index is 12.2. The van der Waals surface area contributed by atoms with Gasteiger partial charge in [-0.3, -0.25) is 9.78 Å². The SMILES string of the molecule is CCN1CC[C@H]2C[C@H](C(=O)Nc3cccnc3)O[C@H]2C1. The summed E-state index contributed by atoms with van der Waals surface area (Å²) in [7, 11) is 0. The van der Waals surface area contributed by atoms with Crippen molar-refractivity contribution >= 4 is 11.6 Å². The number of nitrogens with one attached hydrogen (secondary N) is 1. The van der Waals surface area contributed by atoms with Gasteiger partial charge in [0.2, 0.25) is 0 Å². The smallest absolute Gasteiger partial charge is 0.253 e.